The summed E-state index contributed by atoms with van der Waals surface area (Å²) in [7, 11) is 4.02. The normalized spacial score (nSPS) is 14.7. The Kier molecular flexibility index (Phi) is 5.49. The smallest absolute Gasteiger partial charge is 0.0642 e. The monoisotopic (exact) mass is 282 g/mol. The fraction of sp³-hybridized carbons (Fsp3) is 0.600. The average Bonchev–Trinajstić information content (AvgIpc) is 3.19. The number of anilines is 1. The van der Waals surface area contributed by atoms with Gasteiger partial charge in [-0.2, -0.15) is 0 Å². The third-order valence-electron chi connectivity index (χ3n) is 3.44. The summed E-state index contributed by atoms with van der Waals surface area (Å²) < 4.78 is 5.69. The first-order valence-corrected chi connectivity index (χ1v) is 7.31. The van der Waals surface area contributed by atoms with Gasteiger partial charge in [-0.1, -0.05) is 23.7 Å². The number of benzene rings is 1. The molecular weight excluding hydrogens is 260 g/mol. The fourth-order valence-corrected chi connectivity index (χ4v) is 2.51. The Bertz CT molecular complexity index is 407. The molecule has 19 heavy (non-hydrogen) atoms. The third-order valence-corrected chi connectivity index (χ3v) is 3.75. The maximum Gasteiger partial charge on any atom is 0.0642 e. The van der Waals surface area contributed by atoms with E-state index in [0.29, 0.717) is 0 Å². The second-order valence-corrected chi connectivity index (χ2v) is 5.62. The zero-order valence-corrected chi connectivity index (χ0v) is 12.5. The van der Waals surface area contributed by atoms with Crippen molar-refractivity contribution >= 4 is 17.3 Å². The van der Waals surface area contributed by atoms with Crippen molar-refractivity contribution in [3.05, 3.63) is 28.8 Å². The molecule has 0 aromatic heterocycles. The lowest BCUT2D eigenvalue weighted by atomic mass is 10.1. The van der Waals surface area contributed by atoms with Gasteiger partial charge in [-0.05, 0) is 37.4 Å². The van der Waals surface area contributed by atoms with Crippen LogP contribution in [0.5, 0.6) is 0 Å². The molecule has 0 amide bonds. The first-order chi connectivity index (χ1) is 9.22. The highest BCUT2D eigenvalue weighted by atomic mass is 35.5. The quantitative estimate of drug-likeness (QED) is 0.742. The predicted octanol–water partition coefficient (Wildman–Crippen LogP) is 2.92. The number of hydrogen-bond donors (Lipinski definition) is 1. The molecule has 1 saturated carbocycles. The van der Waals surface area contributed by atoms with Crippen molar-refractivity contribution in [2.45, 2.75) is 19.4 Å². The van der Waals surface area contributed by atoms with Gasteiger partial charge in [-0.25, -0.2) is 0 Å². The second-order valence-electron chi connectivity index (χ2n) is 5.22. The number of halogens is 1. The summed E-state index contributed by atoms with van der Waals surface area (Å²) in [6.07, 6.45) is 2.68. The van der Waals surface area contributed by atoms with Crippen molar-refractivity contribution in [2.24, 2.45) is 5.92 Å². The van der Waals surface area contributed by atoms with Gasteiger partial charge in [-0.15, -0.1) is 0 Å². The lowest BCUT2D eigenvalue weighted by molar-refractivity contribution is 0.131. The molecule has 0 heterocycles. The molecule has 2 rings (SSSR count). The van der Waals surface area contributed by atoms with Gasteiger partial charge in [0.15, 0.2) is 0 Å². The van der Waals surface area contributed by atoms with Crippen LogP contribution in [0, 0.1) is 5.92 Å². The van der Waals surface area contributed by atoms with Gasteiger partial charge in [0.2, 0.25) is 0 Å². The van der Waals surface area contributed by atoms with E-state index in [-0.39, 0.29) is 0 Å². The topological polar surface area (TPSA) is 24.5 Å². The summed E-state index contributed by atoms with van der Waals surface area (Å²) in [4.78, 5) is 2.18. The number of rotatable bonds is 8. The van der Waals surface area contributed by atoms with Gasteiger partial charge in [0.05, 0.1) is 17.3 Å². The molecule has 0 aliphatic heterocycles. The van der Waals surface area contributed by atoms with Crippen molar-refractivity contribution in [1.82, 2.24) is 5.32 Å². The van der Waals surface area contributed by atoms with E-state index in [1.54, 1.807) is 0 Å². The lowest BCUT2D eigenvalue weighted by Gasteiger charge is -2.23. The van der Waals surface area contributed by atoms with Gasteiger partial charge in [0.25, 0.3) is 0 Å². The number of nitrogens with zero attached hydrogens (tertiary/aromatic N) is 1. The molecule has 1 aliphatic rings. The van der Waals surface area contributed by atoms with Crippen molar-refractivity contribution in [2.75, 3.05) is 38.8 Å². The zero-order valence-electron chi connectivity index (χ0n) is 11.8. The molecular formula is C15H23ClN2O. The molecule has 3 nitrogen and oxygen atoms in total. The van der Waals surface area contributed by atoms with Crippen LogP contribution in [0.25, 0.3) is 0 Å². The van der Waals surface area contributed by atoms with E-state index in [1.807, 2.05) is 19.2 Å². The minimum atomic E-state index is 0.761. The maximum absolute atomic E-state index is 6.32. The van der Waals surface area contributed by atoms with E-state index in [1.165, 1.54) is 18.4 Å². The van der Waals surface area contributed by atoms with E-state index in [2.05, 4.69) is 23.3 Å². The van der Waals surface area contributed by atoms with E-state index >= 15 is 0 Å². The van der Waals surface area contributed by atoms with E-state index < -0.39 is 0 Å². The molecule has 106 valence electrons. The molecule has 4 heteroatoms. The van der Waals surface area contributed by atoms with E-state index in [9.17, 15) is 0 Å². The minimum Gasteiger partial charge on any atom is -0.379 e. The summed E-state index contributed by atoms with van der Waals surface area (Å²) in [6.45, 7) is 3.37. The number of ether oxygens (including phenoxy) is 1. The second kappa shape index (κ2) is 7.13. The van der Waals surface area contributed by atoms with Crippen LogP contribution in [0.1, 0.15) is 18.4 Å². The van der Waals surface area contributed by atoms with Crippen LogP contribution < -0.4 is 10.2 Å². The Balaban J connectivity index is 1.90. The highest BCUT2D eigenvalue weighted by Gasteiger charge is 2.21. The van der Waals surface area contributed by atoms with Crippen LogP contribution in [0.4, 0.5) is 5.69 Å². The summed E-state index contributed by atoms with van der Waals surface area (Å²) in [6, 6.07) is 6.05. The van der Waals surface area contributed by atoms with Gasteiger partial charge in [0, 0.05) is 26.7 Å². The summed E-state index contributed by atoms with van der Waals surface area (Å²) in [5, 5.41) is 3.98. The first kappa shape index (κ1) is 14.6. The Morgan fingerprint density at radius 2 is 2.21 bits per heavy atom. The Hall–Kier alpha value is -0.770. The van der Waals surface area contributed by atoms with Crippen molar-refractivity contribution < 1.29 is 4.74 Å². The van der Waals surface area contributed by atoms with Crippen LogP contribution in [0.2, 0.25) is 5.02 Å². The molecule has 0 unspecified atom stereocenters. The van der Waals surface area contributed by atoms with Gasteiger partial charge in [0.1, 0.15) is 0 Å². The van der Waals surface area contributed by atoms with Crippen LogP contribution in [0.3, 0.4) is 0 Å². The van der Waals surface area contributed by atoms with E-state index in [4.69, 9.17) is 16.3 Å². The molecule has 1 fully saturated rings. The molecule has 0 radical (unpaired) electrons. The molecule has 1 aromatic rings. The van der Waals surface area contributed by atoms with Crippen LogP contribution in [-0.2, 0) is 11.3 Å². The van der Waals surface area contributed by atoms with Crippen LogP contribution in [-0.4, -0.2) is 33.9 Å². The summed E-state index contributed by atoms with van der Waals surface area (Å²) >= 11 is 6.32. The standard InChI is InChI=1S/C15H23ClN2O/c1-17-10-13-4-3-5-14(16)15(13)18(2)8-9-19-11-12-6-7-12/h3-5,12,17H,6-11H2,1-2H3. The van der Waals surface area contributed by atoms with Crippen molar-refractivity contribution in [1.29, 1.82) is 0 Å². The Labute approximate surface area is 120 Å². The number of nitrogens with one attached hydrogen (secondary N) is 1. The molecule has 0 saturated heterocycles. The number of hydrogen-bond acceptors (Lipinski definition) is 3. The Morgan fingerprint density at radius 1 is 1.42 bits per heavy atom. The summed E-state index contributed by atoms with van der Waals surface area (Å²) in [5.74, 6) is 0.825. The van der Waals surface area contributed by atoms with Crippen LogP contribution >= 0.6 is 11.6 Å². The minimum absolute atomic E-state index is 0.761. The fourth-order valence-electron chi connectivity index (χ4n) is 2.17. The van der Waals surface area contributed by atoms with E-state index in [0.717, 1.165) is 42.9 Å². The first-order valence-electron chi connectivity index (χ1n) is 6.93. The van der Waals surface area contributed by atoms with Gasteiger partial charge >= 0.3 is 0 Å². The predicted molar refractivity (Wildman–Crippen MR) is 81.0 cm³/mol. The lowest BCUT2D eigenvalue weighted by Crippen LogP contribution is -2.25. The highest BCUT2D eigenvalue weighted by Crippen LogP contribution is 2.30. The summed E-state index contributed by atoms with van der Waals surface area (Å²) in [5.41, 5.74) is 2.33. The molecule has 1 aliphatic carbocycles. The molecule has 0 atom stereocenters. The molecule has 1 aromatic carbocycles. The average molecular weight is 283 g/mol. The number of para-hydroxylation sites is 1. The molecule has 0 spiro atoms. The molecule has 1 N–H and O–H groups in total. The maximum atomic E-state index is 6.32. The van der Waals surface area contributed by atoms with Gasteiger partial charge in [-0.3, -0.25) is 0 Å². The largest absolute Gasteiger partial charge is 0.379 e. The molecule has 0 bridgehead atoms. The van der Waals surface area contributed by atoms with Crippen LogP contribution in [0.15, 0.2) is 18.2 Å². The number of likely N-dealkylation sites (N-methyl/N-ethyl adjacent to an activating group) is 1. The van der Waals surface area contributed by atoms with Crippen molar-refractivity contribution in [3.8, 4) is 0 Å². The Morgan fingerprint density at radius 3 is 2.89 bits per heavy atom. The highest BCUT2D eigenvalue weighted by molar-refractivity contribution is 6.33. The van der Waals surface area contributed by atoms with Crippen molar-refractivity contribution in [3.63, 3.8) is 0 Å². The SMILES string of the molecule is CNCc1cccc(Cl)c1N(C)CCOCC1CC1. The van der Waals surface area contributed by atoms with Gasteiger partial charge < -0.3 is 15.0 Å². The third kappa shape index (κ3) is 4.37. The zero-order chi connectivity index (χ0) is 13.7.